The second-order valence-electron chi connectivity index (χ2n) is 7.42. The van der Waals surface area contributed by atoms with E-state index in [0.29, 0.717) is 5.52 Å². The standard InChI is InChI=1S/C20H20N4O4S/c25-19-10-14-5-1-7-15(14)22-24(19)17-12-28-11-16(17)23-29(26,27)18-8-2-4-13-6-3-9-21-20(13)18/h2-4,6,8-10,16-17,23H,1,5,7,11-12H2. The Morgan fingerprint density at radius 1 is 1.14 bits per heavy atom. The largest absolute Gasteiger partial charge is 0.377 e. The highest BCUT2D eigenvalue weighted by atomic mass is 32.2. The summed E-state index contributed by atoms with van der Waals surface area (Å²) in [6.07, 6.45) is 4.25. The molecule has 0 saturated carbocycles. The lowest BCUT2D eigenvalue weighted by Crippen LogP contribution is -2.44. The van der Waals surface area contributed by atoms with Crippen LogP contribution in [-0.2, 0) is 27.6 Å². The number of aryl methyl sites for hydroxylation is 2. The number of benzene rings is 1. The minimum absolute atomic E-state index is 0.107. The van der Waals surface area contributed by atoms with Crippen molar-refractivity contribution < 1.29 is 13.2 Å². The van der Waals surface area contributed by atoms with Gasteiger partial charge in [-0.3, -0.25) is 9.78 Å². The number of hydrogen-bond donors (Lipinski definition) is 1. The summed E-state index contributed by atoms with van der Waals surface area (Å²) in [4.78, 5) is 16.9. The van der Waals surface area contributed by atoms with Gasteiger partial charge >= 0.3 is 0 Å². The molecule has 5 rings (SSSR count). The van der Waals surface area contributed by atoms with Gasteiger partial charge in [0.25, 0.3) is 5.56 Å². The lowest BCUT2D eigenvalue weighted by Gasteiger charge is -2.21. The van der Waals surface area contributed by atoms with E-state index in [1.165, 1.54) is 10.7 Å². The van der Waals surface area contributed by atoms with E-state index in [-0.39, 0.29) is 23.7 Å². The normalized spacial score (nSPS) is 21.5. The topological polar surface area (TPSA) is 103 Å². The smallest absolute Gasteiger partial charge is 0.267 e. The van der Waals surface area contributed by atoms with Gasteiger partial charge < -0.3 is 4.74 Å². The van der Waals surface area contributed by atoms with Gasteiger partial charge in [-0.15, -0.1) is 0 Å². The summed E-state index contributed by atoms with van der Waals surface area (Å²) in [5, 5.41) is 5.26. The second-order valence-corrected chi connectivity index (χ2v) is 9.10. The summed E-state index contributed by atoms with van der Waals surface area (Å²) in [5.41, 5.74) is 2.09. The van der Waals surface area contributed by atoms with Crippen molar-refractivity contribution in [3.8, 4) is 0 Å². The van der Waals surface area contributed by atoms with E-state index in [1.807, 2.05) is 12.1 Å². The molecule has 2 atom stereocenters. The lowest BCUT2D eigenvalue weighted by atomic mass is 10.2. The molecule has 2 aliphatic rings. The molecule has 1 aliphatic heterocycles. The van der Waals surface area contributed by atoms with E-state index < -0.39 is 22.1 Å². The summed E-state index contributed by atoms with van der Waals surface area (Å²) in [7, 11) is -3.87. The number of pyridine rings is 1. The molecule has 3 heterocycles. The maximum Gasteiger partial charge on any atom is 0.267 e. The van der Waals surface area contributed by atoms with Gasteiger partial charge in [0.2, 0.25) is 10.0 Å². The molecule has 1 N–H and O–H groups in total. The molecular formula is C20H20N4O4S. The minimum Gasteiger partial charge on any atom is -0.377 e. The maximum atomic E-state index is 13.1. The van der Waals surface area contributed by atoms with Crippen LogP contribution in [0.15, 0.2) is 52.3 Å². The number of aromatic nitrogens is 3. The monoisotopic (exact) mass is 412 g/mol. The highest BCUT2D eigenvalue weighted by Gasteiger charge is 2.36. The first-order valence-corrected chi connectivity index (χ1v) is 11.1. The number of fused-ring (bicyclic) bond motifs is 2. The Balaban J connectivity index is 1.49. The predicted octanol–water partition coefficient (Wildman–Crippen LogP) is 1.20. The number of para-hydroxylation sites is 1. The van der Waals surface area contributed by atoms with E-state index >= 15 is 0 Å². The first-order chi connectivity index (χ1) is 14.0. The molecule has 1 saturated heterocycles. The van der Waals surface area contributed by atoms with Gasteiger partial charge in [0.15, 0.2) is 0 Å². The van der Waals surface area contributed by atoms with Crippen LogP contribution in [0.5, 0.6) is 0 Å². The van der Waals surface area contributed by atoms with Crippen molar-refractivity contribution in [3.05, 3.63) is 64.2 Å². The summed E-state index contributed by atoms with van der Waals surface area (Å²) in [5.74, 6) is 0. The molecule has 150 valence electrons. The highest BCUT2D eigenvalue weighted by molar-refractivity contribution is 7.89. The molecular weight excluding hydrogens is 392 g/mol. The third-order valence-corrected chi connectivity index (χ3v) is 7.06. The van der Waals surface area contributed by atoms with E-state index in [2.05, 4.69) is 14.8 Å². The molecule has 3 aromatic rings. The first-order valence-electron chi connectivity index (χ1n) is 9.58. The highest BCUT2D eigenvalue weighted by Crippen LogP contribution is 2.25. The molecule has 2 unspecified atom stereocenters. The van der Waals surface area contributed by atoms with E-state index in [0.717, 1.165) is 35.9 Å². The van der Waals surface area contributed by atoms with Crippen LogP contribution >= 0.6 is 0 Å². The number of nitrogens with one attached hydrogen (secondary N) is 1. The zero-order chi connectivity index (χ0) is 20.0. The molecule has 8 nitrogen and oxygen atoms in total. The SMILES string of the molecule is O=c1cc2c(nn1C1COCC1NS(=O)(=O)c1cccc3cccnc13)CCC2. The molecule has 0 spiro atoms. The summed E-state index contributed by atoms with van der Waals surface area (Å²) < 4.78 is 35.9. The number of rotatable bonds is 4. The van der Waals surface area contributed by atoms with Crippen LogP contribution in [0.3, 0.4) is 0 Å². The molecule has 1 aliphatic carbocycles. The first kappa shape index (κ1) is 18.4. The van der Waals surface area contributed by atoms with Crippen LogP contribution in [0.25, 0.3) is 10.9 Å². The van der Waals surface area contributed by atoms with E-state index in [4.69, 9.17) is 4.74 Å². The van der Waals surface area contributed by atoms with Crippen molar-refractivity contribution in [2.24, 2.45) is 0 Å². The zero-order valence-electron chi connectivity index (χ0n) is 15.6. The molecule has 9 heteroatoms. The Morgan fingerprint density at radius 3 is 2.90 bits per heavy atom. The number of nitrogens with zero attached hydrogens (tertiary/aromatic N) is 3. The Morgan fingerprint density at radius 2 is 2.00 bits per heavy atom. The molecule has 1 fully saturated rings. The summed E-state index contributed by atoms with van der Waals surface area (Å²) in [6.45, 7) is 0.403. The van der Waals surface area contributed by atoms with Gasteiger partial charge in [0.1, 0.15) is 4.90 Å². The Hall–Kier alpha value is -2.62. The van der Waals surface area contributed by atoms with Gasteiger partial charge in [0.05, 0.1) is 36.5 Å². The Kier molecular flexibility index (Phi) is 4.45. The van der Waals surface area contributed by atoms with E-state index in [9.17, 15) is 13.2 Å². The molecule has 0 amide bonds. The number of sulfonamides is 1. The minimum atomic E-state index is -3.87. The summed E-state index contributed by atoms with van der Waals surface area (Å²) in [6, 6.07) is 9.14. The van der Waals surface area contributed by atoms with Gasteiger partial charge in [-0.05, 0) is 37.0 Å². The fourth-order valence-electron chi connectivity index (χ4n) is 4.11. The number of ether oxygens (including phenoxy) is 1. The van der Waals surface area contributed by atoms with Crippen LogP contribution in [0, 0.1) is 0 Å². The Bertz CT molecular complexity index is 1250. The molecule has 0 radical (unpaired) electrons. The van der Waals surface area contributed by atoms with Gasteiger partial charge in [0, 0.05) is 17.6 Å². The third kappa shape index (κ3) is 3.25. The lowest BCUT2D eigenvalue weighted by molar-refractivity contribution is 0.181. The Labute approximate surface area is 167 Å². The average molecular weight is 412 g/mol. The zero-order valence-corrected chi connectivity index (χ0v) is 16.4. The third-order valence-electron chi connectivity index (χ3n) is 5.54. The average Bonchev–Trinajstić information content (AvgIpc) is 3.35. The van der Waals surface area contributed by atoms with Crippen molar-refractivity contribution >= 4 is 20.9 Å². The predicted molar refractivity (Wildman–Crippen MR) is 106 cm³/mol. The van der Waals surface area contributed by atoms with Crippen molar-refractivity contribution in [1.29, 1.82) is 0 Å². The van der Waals surface area contributed by atoms with Gasteiger partial charge in [-0.1, -0.05) is 18.2 Å². The van der Waals surface area contributed by atoms with Crippen LogP contribution < -0.4 is 10.3 Å². The van der Waals surface area contributed by atoms with Gasteiger partial charge in [-0.2, -0.15) is 5.10 Å². The van der Waals surface area contributed by atoms with Crippen molar-refractivity contribution in [1.82, 2.24) is 19.5 Å². The number of hydrogen-bond acceptors (Lipinski definition) is 6. The maximum absolute atomic E-state index is 13.1. The van der Waals surface area contributed by atoms with Crippen molar-refractivity contribution in [2.45, 2.75) is 36.2 Å². The molecule has 29 heavy (non-hydrogen) atoms. The second kappa shape index (κ2) is 7.01. The molecule has 2 aromatic heterocycles. The molecule has 0 bridgehead atoms. The van der Waals surface area contributed by atoms with Crippen LogP contribution in [0.1, 0.15) is 23.7 Å². The van der Waals surface area contributed by atoms with Crippen LogP contribution in [-0.4, -0.2) is 42.4 Å². The molecule has 1 aromatic carbocycles. The van der Waals surface area contributed by atoms with Crippen LogP contribution in [0.4, 0.5) is 0 Å². The quantitative estimate of drug-likeness (QED) is 0.691. The fourth-order valence-corrected chi connectivity index (χ4v) is 5.54. The van der Waals surface area contributed by atoms with Crippen LogP contribution in [0.2, 0.25) is 0 Å². The fraction of sp³-hybridized carbons (Fsp3) is 0.350. The summed E-state index contributed by atoms with van der Waals surface area (Å²) >= 11 is 0. The van der Waals surface area contributed by atoms with E-state index in [1.54, 1.807) is 24.4 Å². The van der Waals surface area contributed by atoms with Gasteiger partial charge in [-0.25, -0.2) is 17.8 Å². The van der Waals surface area contributed by atoms with Crippen molar-refractivity contribution in [3.63, 3.8) is 0 Å². The van der Waals surface area contributed by atoms with Crippen molar-refractivity contribution in [2.75, 3.05) is 13.2 Å².